The fourth-order valence-corrected chi connectivity index (χ4v) is 5.03. The second-order valence-corrected chi connectivity index (χ2v) is 10.8. The highest BCUT2D eigenvalue weighted by atomic mass is 16.9. The zero-order valence-corrected chi connectivity index (χ0v) is 25.8. The van der Waals surface area contributed by atoms with Crippen LogP contribution in [0.25, 0.3) is 11.1 Å². The van der Waals surface area contributed by atoms with Gasteiger partial charge >= 0.3 is 5.97 Å². The first-order valence-electron chi connectivity index (χ1n) is 14.1. The number of carbonyl (C=O) groups excluding carboxylic acids is 2. The van der Waals surface area contributed by atoms with Gasteiger partial charge in [-0.3, -0.25) is 9.63 Å². The van der Waals surface area contributed by atoms with Crippen LogP contribution in [0.3, 0.4) is 0 Å². The van der Waals surface area contributed by atoms with Crippen molar-refractivity contribution in [3.05, 3.63) is 94.7 Å². The fraction of sp³-hybridized carbons (Fsp3) is 0.235. The van der Waals surface area contributed by atoms with Crippen molar-refractivity contribution < 1.29 is 33.4 Å². The van der Waals surface area contributed by atoms with Crippen molar-refractivity contribution in [2.45, 2.75) is 32.9 Å². The number of nitrogens with zero attached hydrogens (tertiary/aromatic N) is 1. The van der Waals surface area contributed by atoms with E-state index in [1.165, 1.54) is 27.4 Å². The van der Waals surface area contributed by atoms with Gasteiger partial charge < -0.3 is 40.0 Å². The Morgan fingerprint density at radius 2 is 1.62 bits per heavy atom. The van der Waals surface area contributed by atoms with Gasteiger partial charge in [-0.05, 0) is 68.3 Å². The minimum Gasteiger partial charge on any atom is -0.733 e. The lowest BCUT2D eigenvalue weighted by Gasteiger charge is -2.34. The van der Waals surface area contributed by atoms with Crippen LogP contribution in [0.15, 0.2) is 72.8 Å². The minimum absolute atomic E-state index is 0.0281. The minimum atomic E-state index is -0.845. The van der Waals surface area contributed by atoms with E-state index in [1.54, 1.807) is 56.3 Å². The van der Waals surface area contributed by atoms with Gasteiger partial charge in [0.05, 0.1) is 44.0 Å². The maximum atomic E-state index is 13.1. The molecule has 5 rings (SSSR count). The van der Waals surface area contributed by atoms with Gasteiger partial charge in [-0.15, -0.1) is 0 Å². The van der Waals surface area contributed by atoms with Gasteiger partial charge in [-0.1, -0.05) is 24.3 Å². The summed E-state index contributed by atoms with van der Waals surface area (Å²) in [5.74, 6) is 0.721. The molecule has 0 atom stereocenters. The first-order valence-corrected chi connectivity index (χ1v) is 14.1. The molecule has 0 aromatic heterocycles. The summed E-state index contributed by atoms with van der Waals surface area (Å²) < 4.78 is 23.1. The molecule has 45 heavy (non-hydrogen) atoms. The number of fused-ring (bicyclic) bond motifs is 1. The van der Waals surface area contributed by atoms with Crippen molar-refractivity contribution >= 4 is 28.9 Å². The molecule has 0 spiro atoms. The third-order valence-corrected chi connectivity index (χ3v) is 7.50. The Morgan fingerprint density at radius 3 is 2.33 bits per heavy atom. The number of anilines is 3. The maximum absolute atomic E-state index is 13.1. The molecule has 234 valence electrons. The van der Waals surface area contributed by atoms with E-state index in [2.05, 4.69) is 10.6 Å². The Bertz CT molecular complexity index is 1750. The maximum Gasteiger partial charge on any atom is 0.343 e. The summed E-state index contributed by atoms with van der Waals surface area (Å²) in [4.78, 5) is 30.7. The first kappa shape index (κ1) is 31.2. The molecule has 4 aromatic rings. The molecule has 0 saturated heterocycles. The van der Waals surface area contributed by atoms with Crippen molar-refractivity contribution in [3.8, 4) is 34.1 Å². The second kappa shape index (κ2) is 12.8. The third kappa shape index (κ3) is 6.35. The topological polar surface area (TPSA) is 131 Å². The molecule has 1 aliphatic heterocycles. The van der Waals surface area contributed by atoms with Crippen molar-refractivity contribution in [1.82, 2.24) is 0 Å². The van der Waals surface area contributed by atoms with Gasteiger partial charge in [0.2, 0.25) is 5.91 Å². The normalized spacial score (nSPS) is 13.2. The Kier molecular flexibility index (Phi) is 8.84. The number of rotatable bonds is 10. The van der Waals surface area contributed by atoms with Crippen molar-refractivity contribution in [1.29, 1.82) is 0 Å². The molecule has 4 aromatic carbocycles. The summed E-state index contributed by atoms with van der Waals surface area (Å²) in [6, 6.07) is 20.7. The zero-order chi connectivity index (χ0) is 32.3. The molecule has 1 heterocycles. The van der Waals surface area contributed by atoms with E-state index in [4.69, 9.17) is 23.8 Å². The Morgan fingerprint density at radius 1 is 0.889 bits per heavy atom. The molecule has 0 unspecified atom stereocenters. The van der Waals surface area contributed by atoms with Crippen LogP contribution in [-0.4, -0.2) is 38.7 Å². The standard InChI is InChI=1S/C34H34N3O8/c1-20-9-7-8-10-23(20)32(38)45-22-12-13-25(29(18-22)42-5)24-14-15-27-31(35-33(39)34(2,3)36-27)26(24)19-44-30-17-21(37(40)43-6)11-16-28(30)41-4/h7-18,36H,19H2,1-6H3,(H,35,39)/q-1. The lowest BCUT2D eigenvalue weighted by Crippen LogP contribution is -2.47. The molecule has 2 N–H and O–H groups in total. The smallest absolute Gasteiger partial charge is 0.343 e. The van der Waals surface area contributed by atoms with Crippen LogP contribution >= 0.6 is 0 Å². The summed E-state index contributed by atoms with van der Waals surface area (Å²) in [5, 5.41) is 18.8. The number of aryl methyl sites for hydroxylation is 1. The van der Waals surface area contributed by atoms with Gasteiger partial charge in [-0.2, -0.15) is 0 Å². The van der Waals surface area contributed by atoms with Gasteiger partial charge in [0.25, 0.3) is 0 Å². The Balaban J connectivity index is 1.55. The van der Waals surface area contributed by atoms with Crippen molar-refractivity contribution in [3.63, 3.8) is 0 Å². The number of amides is 1. The van der Waals surface area contributed by atoms with Gasteiger partial charge in [-0.25, -0.2) is 4.79 Å². The molecule has 0 saturated carbocycles. The predicted octanol–water partition coefficient (Wildman–Crippen LogP) is 6.49. The molecule has 11 nitrogen and oxygen atoms in total. The van der Waals surface area contributed by atoms with Crippen LogP contribution < -0.4 is 34.8 Å². The monoisotopic (exact) mass is 612 g/mol. The summed E-state index contributed by atoms with van der Waals surface area (Å²) >= 11 is 0. The molecule has 1 amide bonds. The highest BCUT2D eigenvalue weighted by Crippen LogP contribution is 2.44. The number of nitrogens with one attached hydrogen (secondary N) is 2. The summed E-state index contributed by atoms with van der Waals surface area (Å²) in [6.45, 7) is 5.39. The molecule has 1 aliphatic rings. The number of carbonyl (C=O) groups is 2. The number of benzene rings is 4. The molecular weight excluding hydrogens is 578 g/mol. The van der Waals surface area contributed by atoms with E-state index in [0.29, 0.717) is 56.1 Å². The Hall–Kier alpha value is -5.26. The number of hydrogen-bond acceptors (Lipinski definition) is 10. The first-order chi connectivity index (χ1) is 21.6. The number of methoxy groups -OCH3 is 2. The number of esters is 1. The lowest BCUT2D eigenvalue weighted by molar-refractivity contribution is -0.119. The van der Waals surface area contributed by atoms with Crippen LogP contribution in [0, 0.1) is 12.1 Å². The van der Waals surface area contributed by atoms with Crippen LogP contribution in [0.2, 0.25) is 0 Å². The van der Waals surface area contributed by atoms with Crippen LogP contribution in [0.5, 0.6) is 23.0 Å². The fourth-order valence-electron chi connectivity index (χ4n) is 5.03. The van der Waals surface area contributed by atoms with Gasteiger partial charge in [0.15, 0.2) is 11.5 Å². The quantitative estimate of drug-likeness (QED) is 0.116. The van der Waals surface area contributed by atoms with Crippen LogP contribution in [0.1, 0.15) is 35.3 Å². The van der Waals surface area contributed by atoms with E-state index in [-0.39, 0.29) is 24.0 Å². The van der Waals surface area contributed by atoms with E-state index in [0.717, 1.165) is 5.56 Å². The average molecular weight is 613 g/mol. The van der Waals surface area contributed by atoms with E-state index in [1.807, 2.05) is 31.2 Å². The van der Waals surface area contributed by atoms with Crippen molar-refractivity contribution in [2.75, 3.05) is 37.2 Å². The van der Waals surface area contributed by atoms with E-state index >= 15 is 0 Å². The number of ether oxygens (including phenoxy) is 4. The Labute approximate surface area is 261 Å². The molecular formula is C34H34N3O8-. The zero-order valence-electron chi connectivity index (χ0n) is 25.8. The molecule has 0 bridgehead atoms. The average Bonchev–Trinajstić information content (AvgIpc) is 3.03. The van der Waals surface area contributed by atoms with Crippen LogP contribution in [-0.2, 0) is 16.2 Å². The molecule has 0 fully saturated rings. The highest BCUT2D eigenvalue weighted by Gasteiger charge is 2.35. The summed E-state index contributed by atoms with van der Waals surface area (Å²) in [6.07, 6.45) is 0. The summed E-state index contributed by atoms with van der Waals surface area (Å²) in [7, 11) is 4.28. The van der Waals surface area contributed by atoms with Gasteiger partial charge in [0.1, 0.15) is 23.6 Å². The predicted molar refractivity (Wildman–Crippen MR) is 171 cm³/mol. The molecule has 11 heteroatoms. The van der Waals surface area contributed by atoms with Gasteiger partial charge in [0, 0.05) is 23.3 Å². The highest BCUT2D eigenvalue weighted by molar-refractivity contribution is 6.07. The van der Waals surface area contributed by atoms with Crippen molar-refractivity contribution in [2.24, 2.45) is 0 Å². The number of hydrogen-bond donors (Lipinski definition) is 2. The second-order valence-electron chi connectivity index (χ2n) is 10.8. The largest absolute Gasteiger partial charge is 0.733 e. The summed E-state index contributed by atoms with van der Waals surface area (Å²) in [5.41, 5.74) is 3.86. The van der Waals surface area contributed by atoms with E-state index < -0.39 is 11.5 Å². The van der Waals surface area contributed by atoms with E-state index in [9.17, 15) is 14.8 Å². The SMILES string of the molecule is COc1ccc(N([O-])OC)cc1OCc1c(-c2ccc(OC(=O)c3ccccc3C)cc2OC)ccc2c1NC(=O)C(C)(C)N2. The lowest BCUT2D eigenvalue weighted by atomic mass is 9.92. The van der Waals surface area contributed by atoms with Crippen LogP contribution in [0.4, 0.5) is 17.1 Å². The third-order valence-electron chi connectivity index (χ3n) is 7.50. The molecule has 0 radical (unpaired) electrons. The molecule has 0 aliphatic carbocycles.